The van der Waals surface area contributed by atoms with Crippen LogP contribution >= 0.6 is 0 Å². The lowest BCUT2D eigenvalue weighted by atomic mass is 10.1. The SMILES string of the molecule is CCc1ccc(C(=O)OCC(=O)Nc2cc(C)c(C)cc2[N+](=O)[O-])cc1. The largest absolute Gasteiger partial charge is 0.452 e. The molecule has 0 aliphatic rings. The molecule has 0 unspecified atom stereocenters. The Hall–Kier alpha value is -3.22. The van der Waals surface area contributed by atoms with Gasteiger partial charge >= 0.3 is 5.97 Å². The Morgan fingerprint density at radius 1 is 1.12 bits per heavy atom. The third-order valence-corrected chi connectivity index (χ3v) is 4.02. The van der Waals surface area contributed by atoms with Crippen LogP contribution in [0.5, 0.6) is 0 Å². The van der Waals surface area contributed by atoms with Gasteiger partial charge < -0.3 is 10.1 Å². The second kappa shape index (κ2) is 8.24. The summed E-state index contributed by atoms with van der Waals surface area (Å²) in [6, 6.07) is 9.81. The third-order valence-electron chi connectivity index (χ3n) is 4.02. The zero-order valence-electron chi connectivity index (χ0n) is 14.9. The van der Waals surface area contributed by atoms with Gasteiger partial charge in [0, 0.05) is 6.07 Å². The molecule has 0 radical (unpaired) electrons. The molecule has 1 amide bonds. The predicted molar refractivity (Wildman–Crippen MR) is 97.3 cm³/mol. The van der Waals surface area contributed by atoms with E-state index in [-0.39, 0.29) is 11.4 Å². The summed E-state index contributed by atoms with van der Waals surface area (Å²) in [5.41, 5.74) is 2.85. The molecule has 136 valence electrons. The van der Waals surface area contributed by atoms with Crippen molar-refractivity contribution < 1.29 is 19.2 Å². The number of benzene rings is 2. The number of esters is 1. The van der Waals surface area contributed by atoms with E-state index in [2.05, 4.69) is 5.32 Å². The lowest BCUT2D eigenvalue weighted by Gasteiger charge is -2.09. The smallest absolute Gasteiger partial charge is 0.338 e. The molecule has 0 heterocycles. The van der Waals surface area contributed by atoms with Crippen LogP contribution in [0.1, 0.15) is 34.0 Å². The van der Waals surface area contributed by atoms with Crippen molar-refractivity contribution in [2.75, 3.05) is 11.9 Å². The number of hydrogen-bond donors (Lipinski definition) is 1. The first-order chi connectivity index (χ1) is 12.3. The molecule has 1 N–H and O–H groups in total. The molecule has 0 saturated carbocycles. The molecule has 0 bridgehead atoms. The van der Waals surface area contributed by atoms with Gasteiger partial charge in [-0.3, -0.25) is 14.9 Å². The number of ether oxygens (including phenoxy) is 1. The second-order valence-electron chi connectivity index (χ2n) is 5.89. The summed E-state index contributed by atoms with van der Waals surface area (Å²) in [6.07, 6.45) is 0.854. The number of nitrogens with one attached hydrogen (secondary N) is 1. The van der Waals surface area contributed by atoms with Crippen LogP contribution in [0.3, 0.4) is 0 Å². The highest BCUT2D eigenvalue weighted by atomic mass is 16.6. The maximum absolute atomic E-state index is 12.0. The zero-order chi connectivity index (χ0) is 19.3. The number of carbonyl (C=O) groups excluding carboxylic acids is 2. The summed E-state index contributed by atoms with van der Waals surface area (Å²) in [7, 11) is 0. The van der Waals surface area contributed by atoms with Crippen molar-refractivity contribution in [3.63, 3.8) is 0 Å². The van der Waals surface area contributed by atoms with Gasteiger partial charge in [0.1, 0.15) is 5.69 Å². The maximum Gasteiger partial charge on any atom is 0.338 e. The van der Waals surface area contributed by atoms with E-state index in [1.54, 1.807) is 26.0 Å². The van der Waals surface area contributed by atoms with Gasteiger partial charge in [-0.1, -0.05) is 19.1 Å². The van der Waals surface area contributed by atoms with E-state index < -0.39 is 23.4 Å². The van der Waals surface area contributed by atoms with Gasteiger partial charge in [-0.2, -0.15) is 0 Å². The van der Waals surface area contributed by atoms with E-state index in [1.807, 2.05) is 19.1 Å². The molecule has 0 aliphatic heterocycles. The number of aryl methyl sites for hydroxylation is 3. The van der Waals surface area contributed by atoms with Crippen molar-refractivity contribution in [1.29, 1.82) is 0 Å². The first kappa shape index (κ1) is 19.1. The second-order valence-corrected chi connectivity index (χ2v) is 5.89. The van der Waals surface area contributed by atoms with Crippen LogP contribution in [0.4, 0.5) is 11.4 Å². The predicted octanol–water partition coefficient (Wildman–Crippen LogP) is 3.57. The standard InChI is InChI=1S/C19H20N2O5/c1-4-14-5-7-15(8-6-14)19(23)26-11-18(22)20-16-9-12(2)13(3)10-17(16)21(24)25/h5-10H,4,11H2,1-3H3,(H,20,22). The molecule has 0 saturated heterocycles. The Morgan fingerprint density at radius 3 is 2.31 bits per heavy atom. The van der Waals surface area contributed by atoms with Gasteiger partial charge in [0.15, 0.2) is 6.61 Å². The van der Waals surface area contributed by atoms with Crippen molar-refractivity contribution in [3.8, 4) is 0 Å². The average Bonchev–Trinajstić information content (AvgIpc) is 2.62. The van der Waals surface area contributed by atoms with Crippen LogP contribution in [0.25, 0.3) is 0 Å². The van der Waals surface area contributed by atoms with E-state index >= 15 is 0 Å². The monoisotopic (exact) mass is 356 g/mol. The first-order valence-corrected chi connectivity index (χ1v) is 8.13. The van der Waals surface area contributed by atoms with Gasteiger partial charge in [-0.05, 0) is 55.2 Å². The van der Waals surface area contributed by atoms with E-state index in [1.165, 1.54) is 12.1 Å². The maximum atomic E-state index is 12.0. The van der Waals surface area contributed by atoms with E-state index in [9.17, 15) is 19.7 Å². The number of nitro groups is 1. The summed E-state index contributed by atoms with van der Waals surface area (Å²) >= 11 is 0. The summed E-state index contributed by atoms with van der Waals surface area (Å²) in [6.45, 7) is 5.01. The molecule has 0 aliphatic carbocycles. The number of nitrogens with zero attached hydrogens (tertiary/aromatic N) is 1. The average molecular weight is 356 g/mol. The third kappa shape index (κ3) is 4.66. The fourth-order valence-electron chi connectivity index (χ4n) is 2.33. The molecular weight excluding hydrogens is 336 g/mol. The molecule has 0 atom stereocenters. The van der Waals surface area contributed by atoms with Crippen molar-refractivity contribution in [1.82, 2.24) is 0 Å². The van der Waals surface area contributed by atoms with Crippen molar-refractivity contribution in [3.05, 3.63) is 68.8 Å². The van der Waals surface area contributed by atoms with E-state index in [0.29, 0.717) is 5.56 Å². The Kier molecular flexibility index (Phi) is 6.06. The topological polar surface area (TPSA) is 98.5 Å². The minimum Gasteiger partial charge on any atom is -0.452 e. The first-order valence-electron chi connectivity index (χ1n) is 8.13. The number of hydrogen-bond acceptors (Lipinski definition) is 5. The van der Waals surface area contributed by atoms with Crippen LogP contribution < -0.4 is 5.32 Å². The quantitative estimate of drug-likeness (QED) is 0.485. The van der Waals surface area contributed by atoms with Gasteiger partial charge in [-0.15, -0.1) is 0 Å². The normalized spacial score (nSPS) is 10.3. The molecule has 2 aromatic carbocycles. The number of anilines is 1. The molecule has 26 heavy (non-hydrogen) atoms. The molecule has 2 aromatic rings. The van der Waals surface area contributed by atoms with E-state index in [0.717, 1.165) is 23.1 Å². The Balaban J connectivity index is 2.01. The van der Waals surface area contributed by atoms with Gasteiger partial charge in [0.2, 0.25) is 0 Å². The fourth-order valence-corrected chi connectivity index (χ4v) is 2.33. The van der Waals surface area contributed by atoms with Crippen molar-refractivity contribution >= 4 is 23.3 Å². The van der Waals surface area contributed by atoms with Crippen LogP contribution in [-0.2, 0) is 16.0 Å². The number of carbonyl (C=O) groups is 2. The Bertz CT molecular complexity index is 844. The van der Waals surface area contributed by atoms with Gasteiger partial charge in [0.25, 0.3) is 11.6 Å². The Morgan fingerprint density at radius 2 is 1.73 bits per heavy atom. The highest BCUT2D eigenvalue weighted by Gasteiger charge is 2.18. The highest BCUT2D eigenvalue weighted by molar-refractivity contribution is 5.97. The molecule has 0 aromatic heterocycles. The van der Waals surface area contributed by atoms with Crippen LogP contribution in [-0.4, -0.2) is 23.4 Å². The molecule has 7 nitrogen and oxygen atoms in total. The summed E-state index contributed by atoms with van der Waals surface area (Å²) in [5.74, 6) is -1.27. The lowest BCUT2D eigenvalue weighted by Crippen LogP contribution is -2.21. The molecule has 0 spiro atoms. The number of nitro benzene ring substituents is 1. The zero-order valence-corrected chi connectivity index (χ0v) is 14.9. The molecule has 0 fully saturated rings. The van der Waals surface area contributed by atoms with Crippen molar-refractivity contribution in [2.45, 2.75) is 27.2 Å². The summed E-state index contributed by atoms with van der Waals surface area (Å²) in [5, 5.41) is 13.6. The van der Waals surface area contributed by atoms with Crippen LogP contribution in [0.2, 0.25) is 0 Å². The minimum atomic E-state index is -0.644. The van der Waals surface area contributed by atoms with Crippen LogP contribution in [0.15, 0.2) is 36.4 Å². The molecule has 7 heteroatoms. The lowest BCUT2D eigenvalue weighted by molar-refractivity contribution is -0.384. The Labute approximate surface area is 151 Å². The van der Waals surface area contributed by atoms with Crippen LogP contribution in [0, 0.1) is 24.0 Å². The van der Waals surface area contributed by atoms with Gasteiger partial charge in [-0.25, -0.2) is 4.79 Å². The summed E-state index contributed by atoms with van der Waals surface area (Å²) < 4.78 is 4.97. The molecular formula is C19H20N2O5. The van der Waals surface area contributed by atoms with Gasteiger partial charge in [0.05, 0.1) is 10.5 Å². The van der Waals surface area contributed by atoms with Crippen molar-refractivity contribution in [2.24, 2.45) is 0 Å². The van der Waals surface area contributed by atoms with E-state index in [4.69, 9.17) is 4.74 Å². The molecule has 2 rings (SSSR count). The fraction of sp³-hybridized carbons (Fsp3) is 0.263. The highest BCUT2D eigenvalue weighted by Crippen LogP contribution is 2.27. The number of rotatable bonds is 6. The summed E-state index contributed by atoms with van der Waals surface area (Å²) in [4.78, 5) is 34.5. The minimum absolute atomic E-state index is 0.0754. The number of amides is 1.